The molecule has 1 atom stereocenters. The van der Waals surface area contributed by atoms with Crippen LogP contribution in [0.25, 0.3) is 0 Å². The number of nitrogens with zero attached hydrogens (tertiary/aromatic N) is 2. The molecule has 2 aromatic heterocycles. The van der Waals surface area contributed by atoms with Gasteiger partial charge in [0.2, 0.25) is 0 Å². The largest absolute Gasteiger partial charge is 0.313 e. The SMILES string of the molecule is CCNCc1ccc(CN(C)C(C)Cc2cccs2)nc1. The summed E-state index contributed by atoms with van der Waals surface area (Å²) in [7, 11) is 2.17. The summed E-state index contributed by atoms with van der Waals surface area (Å²) in [5.41, 5.74) is 2.38. The third kappa shape index (κ3) is 5.23. The Balaban J connectivity index is 1.85. The van der Waals surface area contributed by atoms with Crippen molar-refractivity contribution in [1.29, 1.82) is 0 Å². The maximum Gasteiger partial charge on any atom is 0.0544 e. The summed E-state index contributed by atoms with van der Waals surface area (Å²) >= 11 is 1.84. The van der Waals surface area contributed by atoms with Gasteiger partial charge in [0.05, 0.1) is 5.69 Å². The van der Waals surface area contributed by atoms with Crippen molar-refractivity contribution in [3.63, 3.8) is 0 Å². The van der Waals surface area contributed by atoms with Gasteiger partial charge in [-0.2, -0.15) is 0 Å². The number of aromatic nitrogens is 1. The van der Waals surface area contributed by atoms with Crippen molar-refractivity contribution >= 4 is 11.3 Å². The maximum atomic E-state index is 4.57. The van der Waals surface area contributed by atoms with E-state index >= 15 is 0 Å². The van der Waals surface area contributed by atoms with E-state index in [2.05, 4.69) is 65.7 Å². The van der Waals surface area contributed by atoms with Crippen LogP contribution >= 0.6 is 11.3 Å². The first-order chi connectivity index (χ1) is 10.2. The van der Waals surface area contributed by atoms with Gasteiger partial charge in [-0.3, -0.25) is 9.88 Å². The number of hydrogen-bond acceptors (Lipinski definition) is 4. The topological polar surface area (TPSA) is 28.2 Å². The molecule has 2 heterocycles. The predicted molar refractivity (Wildman–Crippen MR) is 90.6 cm³/mol. The van der Waals surface area contributed by atoms with Crippen molar-refractivity contribution in [1.82, 2.24) is 15.2 Å². The van der Waals surface area contributed by atoms with E-state index in [1.165, 1.54) is 10.4 Å². The smallest absolute Gasteiger partial charge is 0.0544 e. The van der Waals surface area contributed by atoms with Gasteiger partial charge in [-0.05, 0) is 50.0 Å². The van der Waals surface area contributed by atoms with Crippen molar-refractivity contribution in [2.24, 2.45) is 0 Å². The molecular weight excluding hydrogens is 278 g/mol. The minimum absolute atomic E-state index is 0.520. The van der Waals surface area contributed by atoms with Crippen LogP contribution in [-0.4, -0.2) is 29.5 Å². The van der Waals surface area contributed by atoms with E-state index < -0.39 is 0 Å². The number of thiophene rings is 1. The van der Waals surface area contributed by atoms with Crippen LogP contribution in [-0.2, 0) is 19.5 Å². The van der Waals surface area contributed by atoms with Crippen LogP contribution in [0.3, 0.4) is 0 Å². The van der Waals surface area contributed by atoms with Gasteiger partial charge in [-0.25, -0.2) is 0 Å². The fraction of sp³-hybridized carbons (Fsp3) is 0.471. The lowest BCUT2D eigenvalue weighted by Gasteiger charge is -2.24. The van der Waals surface area contributed by atoms with E-state index in [1.54, 1.807) is 0 Å². The van der Waals surface area contributed by atoms with Crippen molar-refractivity contribution in [2.45, 2.75) is 39.4 Å². The van der Waals surface area contributed by atoms with Gasteiger partial charge in [0.1, 0.15) is 0 Å². The van der Waals surface area contributed by atoms with Crippen LogP contribution in [0.5, 0.6) is 0 Å². The normalized spacial score (nSPS) is 12.8. The molecule has 0 radical (unpaired) electrons. The van der Waals surface area contributed by atoms with Crippen molar-refractivity contribution in [3.8, 4) is 0 Å². The minimum atomic E-state index is 0.520. The fourth-order valence-electron chi connectivity index (χ4n) is 2.21. The number of nitrogens with one attached hydrogen (secondary N) is 1. The standard InChI is InChI=1S/C17H25N3S/c1-4-18-11-15-7-8-16(19-12-15)13-20(3)14(2)10-17-6-5-9-21-17/h5-9,12,14,18H,4,10-11,13H2,1-3H3. The highest BCUT2D eigenvalue weighted by Gasteiger charge is 2.11. The first-order valence-electron chi connectivity index (χ1n) is 7.56. The summed E-state index contributed by atoms with van der Waals surface area (Å²) in [6.07, 6.45) is 3.09. The second-order valence-corrected chi connectivity index (χ2v) is 6.52. The molecule has 2 aromatic rings. The van der Waals surface area contributed by atoms with E-state index in [-0.39, 0.29) is 0 Å². The van der Waals surface area contributed by atoms with Gasteiger partial charge < -0.3 is 5.32 Å². The Kier molecular flexibility index (Phi) is 6.36. The Bertz CT molecular complexity index is 507. The molecule has 21 heavy (non-hydrogen) atoms. The van der Waals surface area contributed by atoms with E-state index in [0.717, 1.165) is 31.7 Å². The van der Waals surface area contributed by atoms with E-state index in [9.17, 15) is 0 Å². The average Bonchev–Trinajstić information content (AvgIpc) is 2.99. The second-order valence-electron chi connectivity index (χ2n) is 5.49. The molecule has 0 fully saturated rings. The molecule has 0 spiro atoms. The molecule has 0 bridgehead atoms. The van der Waals surface area contributed by atoms with Crippen LogP contribution in [0.4, 0.5) is 0 Å². The zero-order valence-corrected chi connectivity index (χ0v) is 14.0. The zero-order valence-electron chi connectivity index (χ0n) is 13.2. The van der Waals surface area contributed by atoms with E-state index in [0.29, 0.717) is 6.04 Å². The molecule has 0 aliphatic carbocycles. The monoisotopic (exact) mass is 303 g/mol. The highest BCUT2D eigenvalue weighted by Crippen LogP contribution is 2.14. The highest BCUT2D eigenvalue weighted by molar-refractivity contribution is 7.09. The molecule has 0 amide bonds. The van der Waals surface area contributed by atoms with E-state index in [4.69, 9.17) is 0 Å². The van der Waals surface area contributed by atoms with Crippen LogP contribution in [0.2, 0.25) is 0 Å². The second kappa shape index (κ2) is 8.27. The van der Waals surface area contributed by atoms with Gasteiger partial charge in [0.15, 0.2) is 0 Å². The molecule has 0 aliphatic rings. The molecule has 3 nitrogen and oxygen atoms in total. The third-order valence-corrected chi connectivity index (χ3v) is 4.60. The number of pyridine rings is 1. The number of likely N-dealkylation sites (N-methyl/N-ethyl adjacent to an activating group) is 1. The molecular formula is C17H25N3S. The summed E-state index contributed by atoms with van der Waals surface area (Å²) in [6, 6.07) is 9.16. The predicted octanol–water partition coefficient (Wildman–Crippen LogP) is 3.32. The summed E-state index contributed by atoms with van der Waals surface area (Å²) < 4.78 is 0. The molecule has 0 saturated carbocycles. The molecule has 0 aromatic carbocycles. The lowest BCUT2D eigenvalue weighted by atomic mass is 10.1. The summed E-state index contributed by atoms with van der Waals surface area (Å²) in [4.78, 5) is 8.39. The number of hydrogen-bond donors (Lipinski definition) is 1. The highest BCUT2D eigenvalue weighted by atomic mass is 32.1. The summed E-state index contributed by atoms with van der Waals surface area (Å²) in [6.45, 7) is 7.18. The minimum Gasteiger partial charge on any atom is -0.313 e. The van der Waals surface area contributed by atoms with Crippen LogP contribution in [0.1, 0.15) is 30.0 Å². The summed E-state index contributed by atoms with van der Waals surface area (Å²) in [5.74, 6) is 0. The first kappa shape index (κ1) is 16.1. The van der Waals surface area contributed by atoms with Gasteiger partial charge in [-0.1, -0.05) is 19.1 Å². The van der Waals surface area contributed by atoms with Crippen molar-refractivity contribution in [2.75, 3.05) is 13.6 Å². The van der Waals surface area contributed by atoms with Gasteiger partial charge >= 0.3 is 0 Å². The number of rotatable bonds is 8. The lowest BCUT2D eigenvalue weighted by Crippen LogP contribution is -2.30. The molecule has 0 saturated heterocycles. The Labute approximate surface area is 132 Å². The Morgan fingerprint density at radius 2 is 2.19 bits per heavy atom. The Hall–Kier alpha value is -1.23. The van der Waals surface area contributed by atoms with E-state index in [1.807, 2.05) is 17.5 Å². The molecule has 1 unspecified atom stereocenters. The van der Waals surface area contributed by atoms with Gasteiger partial charge in [-0.15, -0.1) is 11.3 Å². The van der Waals surface area contributed by atoms with Gasteiger partial charge in [0.25, 0.3) is 0 Å². The molecule has 4 heteroatoms. The quantitative estimate of drug-likeness (QED) is 0.811. The van der Waals surface area contributed by atoms with Crippen LogP contribution in [0, 0.1) is 0 Å². The molecule has 0 aliphatic heterocycles. The average molecular weight is 303 g/mol. The van der Waals surface area contributed by atoms with Crippen LogP contribution < -0.4 is 5.32 Å². The zero-order chi connectivity index (χ0) is 15.1. The molecule has 2 rings (SSSR count). The first-order valence-corrected chi connectivity index (χ1v) is 8.44. The fourth-order valence-corrected chi connectivity index (χ4v) is 3.04. The third-order valence-electron chi connectivity index (χ3n) is 3.71. The summed E-state index contributed by atoms with van der Waals surface area (Å²) in [5, 5.41) is 5.46. The van der Waals surface area contributed by atoms with Gasteiger partial charge in [0, 0.05) is 30.2 Å². The Morgan fingerprint density at radius 3 is 2.81 bits per heavy atom. The van der Waals surface area contributed by atoms with Crippen LogP contribution in [0.15, 0.2) is 35.8 Å². The van der Waals surface area contributed by atoms with Crippen molar-refractivity contribution in [3.05, 3.63) is 52.0 Å². The Morgan fingerprint density at radius 1 is 1.33 bits per heavy atom. The maximum absolute atomic E-state index is 4.57. The molecule has 1 N–H and O–H groups in total. The molecule has 114 valence electrons. The lowest BCUT2D eigenvalue weighted by molar-refractivity contribution is 0.246. The van der Waals surface area contributed by atoms with Crippen molar-refractivity contribution < 1.29 is 0 Å².